The number of aliphatic hydroxyl groups excluding tert-OH is 2. The first-order valence-electron chi connectivity index (χ1n) is 9.84. The average molecular weight is 418 g/mol. The number of aromatic nitrogens is 1. The predicted molar refractivity (Wildman–Crippen MR) is 107 cm³/mol. The fourth-order valence-corrected chi connectivity index (χ4v) is 3.74. The van der Waals surface area contributed by atoms with Crippen molar-refractivity contribution in [1.29, 1.82) is 0 Å². The van der Waals surface area contributed by atoms with Crippen LogP contribution in [0.3, 0.4) is 0 Å². The summed E-state index contributed by atoms with van der Waals surface area (Å²) < 4.78 is 33.5. The van der Waals surface area contributed by atoms with Crippen molar-refractivity contribution in [3.8, 4) is 11.1 Å². The highest BCUT2D eigenvalue weighted by Crippen LogP contribution is 2.41. The Kier molecular flexibility index (Phi) is 5.61. The molecule has 1 aromatic heterocycles. The summed E-state index contributed by atoms with van der Waals surface area (Å²) in [6.45, 7) is 1.67. The number of aliphatic hydroxyl groups is 3. The molecule has 1 aliphatic carbocycles. The Morgan fingerprint density at radius 3 is 2.30 bits per heavy atom. The molecule has 1 saturated carbocycles. The molecule has 0 radical (unpaired) electrons. The van der Waals surface area contributed by atoms with E-state index >= 15 is 0 Å². The molecule has 1 saturated heterocycles. The Morgan fingerprint density at radius 1 is 1.10 bits per heavy atom. The summed E-state index contributed by atoms with van der Waals surface area (Å²) in [6.07, 6.45) is 2.03. The first kappa shape index (κ1) is 20.9. The molecule has 0 amide bonds. The van der Waals surface area contributed by atoms with Gasteiger partial charge in [-0.05, 0) is 49.4 Å². The molecule has 3 atom stereocenters. The predicted octanol–water partition coefficient (Wildman–Crippen LogP) is 3.07. The lowest BCUT2D eigenvalue weighted by Crippen LogP contribution is -2.33. The van der Waals surface area contributed by atoms with Gasteiger partial charge in [0.05, 0.1) is 22.8 Å². The van der Waals surface area contributed by atoms with Crippen LogP contribution in [0.4, 0.5) is 8.78 Å². The summed E-state index contributed by atoms with van der Waals surface area (Å²) in [5.74, 6) is -1.16. The molecule has 8 heteroatoms. The minimum atomic E-state index is -1.000. The Labute approximate surface area is 172 Å². The van der Waals surface area contributed by atoms with Crippen LogP contribution in [0.2, 0.25) is 0 Å². The Hall–Kier alpha value is -2.36. The van der Waals surface area contributed by atoms with Gasteiger partial charge in [0.2, 0.25) is 6.41 Å². The molecule has 2 heterocycles. The maximum absolute atomic E-state index is 14.6. The van der Waals surface area contributed by atoms with Crippen molar-refractivity contribution in [2.45, 2.75) is 50.5 Å². The zero-order chi connectivity index (χ0) is 21.5. The second-order valence-electron chi connectivity index (χ2n) is 7.75. The molecule has 5 N–H and O–H groups in total. The molecule has 2 aromatic carbocycles. The van der Waals surface area contributed by atoms with E-state index in [1.807, 2.05) is 0 Å². The molecule has 3 unspecified atom stereocenters. The van der Waals surface area contributed by atoms with Gasteiger partial charge in [-0.1, -0.05) is 24.3 Å². The van der Waals surface area contributed by atoms with Gasteiger partial charge in [0.25, 0.3) is 0 Å². The van der Waals surface area contributed by atoms with E-state index in [9.17, 15) is 13.9 Å². The van der Waals surface area contributed by atoms with E-state index in [1.54, 1.807) is 43.5 Å². The van der Waals surface area contributed by atoms with E-state index in [0.717, 1.165) is 24.8 Å². The van der Waals surface area contributed by atoms with Gasteiger partial charge in [-0.15, -0.1) is 0 Å². The number of hydrogen-bond donors (Lipinski definition) is 5. The van der Waals surface area contributed by atoms with E-state index in [0.29, 0.717) is 16.5 Å². The third kappa shape index (κ3) is 3.84. The second-order valence-corrected chi connectivity index (χ2v) is 7.75. The van der Waals surface area contributed by atoms with Gasteiger partial charge in [0.1, 0.15) is 17.9 Å². The van der Waals surface area contributed by atoms with Gasteiger partial charge < -0.3 is 25.0 Å². The van der Waals surface area contributed by atoms with Gasteiger partial charge >= 0.3 is 0 Å². The Morgan fingerprint density at radius 2 is 1.80 bits per heavy atom. The van der Waals surface area contributed by atoms with Crippen LogP contribution in [0.1, 0.15) is 31.7 Å². The zero-order valence-corrected chi connectivity index (χ0v) is 16.4. The van der Waals surface area contributed by atoms with E-state index in [2.05, 4.69) is 15.0 Å². The van der Waals surface area contributed by atoms with Gasteiger partial charge in [-0.2, -0.15) is 0 Å². The van der Waals surface area contributed by atoms with Crippen LogP contribution in [0.5, 0.6) is 0 Å². The largest absolute Gasteiger partial charge is 0.385 e. The zero-order valence-electron chi connectivity index (χ0n) is 16.4. The van der Waals surface area contributed by atoms with Crippen LogP contribution in [0, 0.1) is 11.6 Å². The SMILES string of the molecule is CC1OC(O)NC1O.OC1(c2ccc(-c3c(F)cc4[nH]ccc4c3F)cc2)CCC1. The highest BCUT2D eigenvalue weighted by atomic mass is 19.1. The van der Waals surface area contributed by atoms with Crippen molar-refractivity contribution in [3.05, 3.63) is 59.8 Å². The van der Waals surface area contributed by atoms with Crippen LogP contribution in [0.25, 0.3) is 22.0 Å². The molecule has 2 aliphatic rings. The Balaban J connectivity index is 0.000000230. The minimum absolute atomic E-state index is 0.0285. The second kappa shape index (κ2) is 8.05. The monoisotopic (exact) mass is 418 g/mol. The molecule has 160 valence electrons. The topological polar surface area (TPSA) is 97.7 Å². The summed E-state index contributed by atoms with van der Waals surface area (Å²) in [7, 11) is 0. The van der Waals surface area contributed by atoms with Crippen LogP contribution in [-0.4, -0.2) is 39.0 Å². The maximum Gasteiger partial charge on any atom is 0.215 e. The molecular formula is C22H24F2N2O4. The molecular weight excluding hydrogens is 394 g/mol. The molecule has 30 heavy (non-hydrogen) atoms. The number of rotatable bonds is 2. The number of nitrogens with one attached hydrogen (secondary N) is 2. The van der Waals surface area contributed by atoms with E-state index < -0.39 is 29.9 Å². The first-order valence-corrected chi connectivity index (χ1v) is 9.84. The number of hydrogen-bond acceptors (Lipinski definition) is 5. The summed E-state index contributed by atoms with van der Waals surface area (Å²) in [6, 6.07) is 9.76. The van der Waals surface area contributed by atoms with Crippen molar-refractivity contribution in [2.24, 2.45) is 0 Å². The number of fused-ring (bicyclic) bond motifs is 1. The van der Waals surface area contributed by atoms with Crippen LogP contribution >= 0.6 is 0 Å². The van der Waals surface area contributed by atoms with Crippen LogP contribution in [-0.2, 0) is 10.3 Å². The summed E-state index contributed by atoms with van der Waals surface area (Å²) in [4.78, 5) is 2.81. The lowest BCUT2D eigenvalue weighted by molar-refractivity contribution is -0.0968. The quantitative estimate of drug-likeness (QED) is 0.441. The fourth-order valence-electron chi connectivity index (χ4n) is 3.74. The highest BCUT2D eigenvalue weighted by Gasteiger charge is 2.36. The van der Waals surface area contributed by atoms with Crippen LogP contribution in [0.15, 0.2) is 42.6 Å². The van der Waals surface area contributed by atoms with E-state index in [-0.39, 0.29) is 11.7 Å². The summed E-state index contributed by atoms with van der Waals surface area (Å²) >= 11 is 0. The smallest absolute Gasteiger partial charge is 0.215 e. The van der Waals surface area contributed by atoms with E-state index in [4.69, 9.17) is 10.2 Å². The number of halogens is 2. The van der Waals surface area contributed by atoms with Gasteiger partial charge in [0, 0.05) is 11.6 Å². The third-order valence-corrected chi connectivity index (χ3v) is 5.74. The summed E-state index contributed by atoms with van der Waals surface area (Å²) in [5, 5.41) is 30.4. The number of aromatic amines is 1. The number of ether oxygens (including phenoxy) is 1. The third-order valence-electron chi connectivity index (χ3n) is 5.74. The highest BCUT2D eigenvalue weighted by molar-refractivity contribution is 5.86. The van der Waals surface area contributed by atoms with Crippen LogP contribution < -0.4 is 5.32 Å². The summed E-state index contributed by atoms with van der Waals surface area (Å²) in [5.41, 5.74) is 0.939. The van der Waals surface area contributed by atoms with Crippen molar-refractivity contribution >= 4 is 10.9 Å². The average Bonchev–Trinajstić information content (AvgIpc) is 3.26. The minimum Gasteiger partial charge on any atom is -0.385 e. The number of benzene rings is 2. The molecule has 0 spiro atoms. The molecule has 5 rings (SSSR count). The molecule has 2 fully saturated rings. The number of H-pyrrole nitrogens is 1. The molecule has 1 aliphatic heterocycles. The van der Waals surface area contributed by atoms with Crippen molar-refractivity contribution in [1.82, 2.24) is 10.3 Å². The maximum atomic E-state index is 14.6. The molecule has 6 nitrogen and oxygen atoms in total. The molecule has 3 aromatic rings. The lowest BCUT2D eigenvalue weighted by Gasteiger charge is -2.37. The van der Waals surface area contributed by atoms with Gasteiger partial charge in [0.15, 0.2) is 0 Å². The first-order chi connectivity index (χ1) is 14.3. The van der Waals surface area contributed by atoms with Gasteiger partial charge in [-0.3, -0.25) is 0 Å². The lowest BCUT2D eigenvalue weighted by atomic mass is 9.75. The van der Waals surface area contributed by atoms with E-state index in [1.165, 1.54) is 6.07 Å². The normalized spacial score (nSPS) is 24.9. The van der Waals surface area contributed by atoms with Crippen molar-refractivity contribution < 1.29 is 28.8 Å². The fraction of sp³-hybridized carbons (Fsp3) is 0.364. The Bertz CT molecular complexity index is 1020. The van der Waals surface area contributed by atoms with Crippen molar-refractivity contribution in [2.75, 3.05) is 0 Å². The standard InChI is InChI=1S/C18H15F2NO.C4H9NO3/c19-14-10-15-13(6-9-21-15)17(20)16(14)11-2-4-12(5-3-11)18(22)7-1-8-18;1-2-3(6)5-4(7)8-2/h2-6,9-10,21-22H,1,7-8H2;2-7H,1H3. The van der Waals surface area contributed by atoms with Gasteiger partial charge in [-0.25, -0.2) is 14.1 Å². The molecule has 0 bridgehead atoms. The van der Waals surface area contributed by atoms with Crippen molar-refractivity contribution in [3.63, 3.8) is 0 Å².